The van der Waals surface area contributed by atoms with E-state index in [1.165, 1.54) is 12.0 Å². The van der Waals surface area contributed by atoms with Gasteiger partial charge in [-0.15, -0.1) is 0 Å². The van der Waals surface area contributed by atoms with Crippen LogP contribution in [0, 0.1) is 0 Å². The molecule has 24 heavy (non-hydrogen) atoms. The van der Waals surface area contributed by atoms with E-state index < -0.39 is 0 Å². The van der Waals surface area contributed by atoms with Crippen molar-refractivity contribution in [1.82, 2.24) is 15.2 Å². The van der Waals surface area contributed by atoms with E-state index in [0.29, 0.717) is 5.92 Å². The third-order valence-electron chi connectivity index (χ3n) is 4.45. The Kier molecular flexibility index (Phi) is 5.83. The minimum atomic E-state index is 0.603. The molecule has 0 radical (unpaired) electrons. The molecular formula is C20H26N4. The van der Waals surface area contributed by atoms with E-state index >= 15 is 0 Å². The van der Waals surface area contributed by atoms with Crippen molar-refractivity contribution in [3.8, 4) is 0 Å². The maximum absolute atomic E-state index is 4.81. The normalized spacial score (nSPS) is 18.0. The van der Waals surface area contributed by atoms with Crippen LogP contribution in [0.1, 0.15) is 30.5 Å². The van der Waals surface area contributed by atoms with Crippen LogP contribution in [0.5, 0.6) is 0 Å². The molecule has 2 aromatic rings. The van der Waals surface area contributed by atoms with Crippen molar-refractivity contribution < 1.29 is 0 Å². The van der Waals surface area contributed by atoms with E-state index in [0.717, 1.165) is 44.3 Å². The number of benzene rings is 1. The highest BCUT2D eigenvalue weighted by atomic mass is 15.3. The number of hydrogen-bond donors (Lipinski definition) is 1. The molecular weight excluding hydrogens is 296 g/mol. The summed E-state index contributed by atoms with van der Waals surface area (Å²) in [7, 11) is 0. The molecule has 1 aromatic heterocycles. The molecule has 1 saturated heterocycles. The molecule has 0 bridgehead atoms. The molecule has 1 N–H and O–H groups in total. The van der Waals surface area contributed by atoms with Gasteiger partial charge in [-0.25, -0.2) is 0 Å². The second-order valence-corrected chi connectivity index (χ2v) is 6.15. The first-order valence-corrected chi connectivity index (χ1v) is 8.85. The molecule has 1 atom stereocenters. The van der Waals surface area contributed by atoms with E-state index in [1.807, 2.05) is 18.3 Å². The van der Waals surface area contributed by atoms with Crippen molar-refractivity contribution in [2.45, 2.75) is 25.7 Å². The lowest BCUT2D eigenvalue weighted by Gasteiger charge is -2.21. The van der Waals surface area contributed by atoms with E-state index in [-0.39, 0.29) is 0 Å². The maximum Gasteiger partial charge on any atom is 0.193 e. The molecule has 0 amide bonds. The SMILES string of the molecule is CCNC(=NCCc1ccccn1)N1CCC(c2ccccc2)C1. The predicted molar refractivity (Wildman–Crippen MR) is 99.3 cm³/mol. The lowest BCUT2D eigenvalue weighted by atomic mass is 9.99. The lowest BCUT2D eigenvalue weighted by Crippen LogP contribution is -2.40. The van der Waals surface area contributed by atoms with E-state index in [1.54, 1.807) is 0 Å². The summed E-state index contributed by atoms with van der Waals surface area (Å²) in [6, 6.07) is 16.9. The maximum atomic E-state index is 4.81. The van der Waals surface area contributed by atoms with Gasteiger partial charge in [-0.05, 0) is 31.0 Å². The molecule has 1 unspecified atom stereocenters. The molecule has 1 aromatic carbocycles. The van der Waals surface area contributed by atoms with Crippen molar-refractivity contribution in [2.24, 2.45) is 4.99 Å². The standard InChI is InChI=1S/C20H26N4/c1-2-21-20(23-14-11-19-10-6-7-13-22-19)24-15-12-18(16-24)17-8-4-3-5-9-17/h3-10,13,18H,2,11-12,14-16H2,1H3,(H,21,23). The Hall–Kier alpha value is -2.36. The monoisotopic (exact) mass is 322 g/mol. The smallest absolute Gasteiger partial charge is 0.193 e. The zero-order chi connectivity index (χ0) is 16.6. The van der Waals surface area contributed by atoms with Crippen molar-refractivity contribution in [3.63, 3.8) is 0 Å². The molecule has 126 valence electrons. The second kappa shape index (κ2) is 8.48. The van der Waals surface area contributed by atoms with Gasteiger partial charge in [0.25, 0.3) is 0 Å². The Bertz CT molecular complexity index is 639. The number of aromatic nitrogens is 1. The molecule has 0 spiro atoms. The number of aliphatic imine (C=N–C) groups is 1. The molecule has 4 heteroatoms. The molecule has 1 aliphatic rings. The van der Waals surface area contributed by atoms with Crippen LogP contribution >= 0.6 is 0 Å². The Balaban J connectivity index is 1.60. The summed E-state index contributed by atoms with van der Waals surface area (Å²) in [5, 5.41) is 3.44. The number of guanidine groups is 1. The van der Waals surface area contributed by atoms with Crippen LogP contribution in [0.4, 0.5) is 0 Å². The zero-order valence-corrected chi connectivity index (χ0v) is 14.4. The first-order chi connectivity index (χ1) is 11.9. The van der Waals surface area contributed by atoms with Crippen molar-refractivity contribution in [1.29, 1.82) is 0 Å². The first-order valence-electron chi connectivity index (χ1n) is 8.85. The fourth-order valence-electron chi connectivity index (χ4n) is 3.20. The molecule has 0 aliphatic carbocycles. The Morgan fingerprint density at radius 1 is 1.21 bits per heavy atom. The number of likely N-dealkylation sites (tertiary alicyclic amines) is 1. The third kappa shape index (κ3) is 4.34. The average Bonchev–Trinajstić information content (AvgIpc) is 3.13. The summed E-state index contributed by atoms with van der Waals surface area (Å²) in [6.07, 6.45) is 3.91. The summed E-state index contributed by atoms with van der Waals surface area (Å²) in [6.45, 7) is 5.90. The Labute approximate surface area is 144 Å². The van der Waals surface area contributed by atoms with Crippen LogP contribution in [-0.4, -0.2) is 42.0 Å². The van der Waals surface area contributed by atoms with Gasteiger partial charge in [-0.2, -0.15) is 0 Å². The summed E-state index contributed by atoms with van der Waals surface area (Å²) in [5.41, 5.74) is 2.53. The number of hydrogen-bond acceptors (Lipinski definition) is 2. The van der Waals surface area contributed by atoms with Crippen molar-refractivity contribution >= 4 is 5.96 Å². The van der Waals surface area contributed by atoms with Gasteiger partial charge in [-0.3, -0.25) is 9.98 Å². The van der Waals surface area contributed by atoms with Gasteiger partial charge < -0.3 is 10.2 Å². The number of pyridine rings is 1. The lowest BCUT2D eigenvalue weighted by molar-refractivity contribution is 0.486. The van der Waals surface area contributed by atoms with Crippen LogP contribution in [0.15, 0.2) is 59.7 Å². The van der Waals surface area contributed by atoms with Gasteiger partial charge in [0.2, 0.25) is 0 Å². The Morgan fingerprint density at radius 2 is 2.04 bits per heavy atom. The fraction of sp³-hybridized carbons (Fsp3) is 0.400. The van der Waals surface area contributed by atoms with Gasteiger partial charge in [0.05, 0.1) is 0 Å². The third-order valence-corrected chi connectivity index (χ3v) is 4.45. The summed E-state index contributed by atoms with van der Waals surface area (Å²) >= 11 is 0. The zero-order valence-electron chi connectivity index (χ0n) is 14.4. The van der Waals surface area contributed by atoms with Crippen LogP contribution in [-0.2, 0) is 6.42 Å². The van der Waals surface area contributed by atoms with E-state index in [9.17, 15) is 0 Å². The van der Waals surface area contributed by atoms with Crippen LogP contribution < -0.4 is 5.32 Å². The molecule has 1 fully saturated rings. The van der Waals surface area contributed by atoms with Gasteiger partial charge in [0, 0.05) is 50.4 Å². The average molecular weight is 322 g/mol. The topological polar surface area (TPSA) is 40.5 Å². The molecule has 1 aliphatic heterocycles. The molecule has 3 rings (SSSR count). The van der Waals surface area contributed by atoms with Crippen molar-refractivity contribution in [3.05, 3.63) is 66.0 Å². The number of nitrogens with one attached hydrogen (secondary N) is 1. The van der Waals surface area contributed by atoms with E-state index in [4.69, 9.17) is 4.99 Å². The van der Waals surface area contributed by atoms with Gasteiger partial charge in [-0.1, -0.05) is 36.4 Å². The van der Waals surface area contributed by atoms with Crippen LogP contribution in [0.2, 0.25) is 0 Å². The quantitative estimate of drug-likeness (QED) is 0.679. The predicted octanol–water partition coefficient (Wildman–Crippen LogP) is 3.08. The summed E-state index contributed by atoms with van der Waals surface area (Å²) < 4.78 is 0. The second-order valence-electron chi connectivity index (χ2n) is 6.15. The van der Waals surface area contributed by atoms with Gasteiger partial charge in [0.1, 0.15) is 0 Å². The van der Waals surface area contributed by atoms with Crippen LogP contribution in [0.3, 0.4) is 0 Å². The molecule has 2 heterocycles. The highest BCUT2D eigenvalue weighted by Crippen LogP contribution is 2.26. The number of nitrogens with zero attached hydrogens (tertiary/aromatic N) is 3. The minimum Gasteiger partial charge on any atom is -0.357 e. The Morgan fingerprint density at radius 3 is 2.79 bits per heavy atom. The summed E-state index contributed by atoms with van der Waals surface area (Å²) in [5.74, 6) is 1.64. The molecule has 0 saturated carbocycles. The highest BCUT2D eigenvalue weighted by molar-refractivity contribution is 5.80. The van der Waals surface area contributed by atoms with E-state index in [2.05, 4.69) is 58.5 Å². The fourth-order valence-corrected chi connectivity index (χ4v) is 3.20. The highest BCUT2D eigenvalue weighted by Gasteiger charge is 2.25. The minimum absolute atomic E-state index is 0.603. The van der Waals surface area contributed by atoms with Gasteiger partial charge >= 0.3 is 0 Å². The van der Waals surface area contributed by atoms with Crippen molar-refractivity contribution in [2.75, 3.05) is 26.2 Å². The summed E-state index contributed by atoms with van der Waals surface area (Å²) in [4.78, 5) is 11.6. The largest absolute Gasteiger partial charge is 0.357 e. The first kappa shape index (κ1) is 16.5. The van der Waals surface area contributed by atoms with Gasteiger partial charge in [0.15, 0.2) is 5.96 Å². The number of rotatable bonds is 5. The van der Waals surface area contributed by atoms with Crippen LogP contribution in [0.25, 0.3) is 0 Å². The molecule has 4 nitrogen and oxygen atoms in total.